The van der Waals surface area contributed by atoms with Crippen molar-refractivity contribution >= 4 is 23.9 Å². The zero-order valence-electron chi connectivity index (χ0n) is 19.2. The Labute approximate surface area is 188 Å². The van der Waals surface area contributed by atoms with Gasteiger partial charge in [-0.15, -0.1) is 0 Å². The van der Waals surface area contributed by atoms with Crippen LogP contribution in [-0.2, 0) is 23.9 Å². The average molecular weight is 448 g/mol. The Bertz CT molecular complexity index is 802. The predicted molar refractivity (Wildman–Crippen MR) is 118 cm³/mol. The van der Waals surface area contributed by atoms with Crippen LogP contribution in [0.25, 0.3) is 0 Å². The summed E-state index contributed by atoms with van der Waals surface area (Å²) in [5.41, 5.74) is -0.0343. The lowest BCUT2D eigenvalue weighted by atomic mass is 10.0. The molecule has 0 saturated heterocycles. The first-order valence-electron chi connectivity index (χ1n) is 10.9. The number of carbonyl (C=O) groups is 4. The first kappa shape index (κ1) is 25.2. The third-order valence-electron chi connectivity index (χ3n) is 4.59. The minimum absolute atomic E-state index is 0.0403. The van der Waals surface area contributed by atoms with E-state index in [0.29, 0.717) is 5.56 Å². The van der Waals surface area contributed by atoms with Crippen LogP contribution in [0.1, 0.15) is 58.6 Å². The molecule has 9 heteroatoms. The Morgan fingerprint density at radius 3 is 2.31 bits per heavy atom. The summed E-state index contributed by atoms with van der Waals surface area (Å²) in [6.45, 7) is 7.00. The van der Waals surface area contributed by atoms with E-state index in [1.165, 1.54) is 4.90 Å². The van der Waals surface area contributed by atoms with Gasteiger partial charge < -0.3 is 25.0 Å². The molecule has 1 fully saturated rings. The van der Waals surface area contributed by atoms with E-state index in [2.05, 4.69) is 10.6 Å². The summed E-state index contributed by atoms with van der Waals surface area (Å²) in [4.78, 5) is 51.3. The van der Waals surface area contributed by atoms with Crippen LogP contribution in [0, 0.1) is 0 Å². The van der Waals surface area contributed by atoms with Crippen molar-refractivity contribution in [2.75, 3.05) is 19.7 Å². The number of alkyl carbamates (subject to hydrolysis) is 1. The molecule has 0 spiro atoms. The molecule has 1 aromatic carbocycles. The van der Waals surface area contributed by atoms with Crippen LogP contribution in [0.3, 0.4) is 0 Å². The van der Waals surface area contributed by atoms with Gasteiger partial charge in [-0.25, -0.2) is 4.79 Å². The Kier molecular flexibility index (Phi) is 9.04. The first-order chi connectivity index (χ1) is 15.1. The van der Waals surface area contributed by atoms with Gasteiger partial charge in [0.15, 0.2) is 0 Å². The molecule has 2 N–H and O–H groups in total. The lowest BCUT2D eigenvalue weighted by Gasteiger charge is -2.31. The Morgan fingerprint density at radius 1 is 1.09 bits per heavy atom. The summed E-state index contributed by atoms with van der Waals surface area (Å²) in [5, 5.41) is 5.21. The third kappa shape index (κ3) is 8.20. The molecule has 0 radical (unpaired) electrons. The summed E-state index contributed by atoms with van der Waals surface area (Å²) in [7, 11) is 0. The van der Waals surface area contributed by atoms with E-state index >= 15 is 0 Å². The maximum absolute atomic E-state index is 13.1. The number of amides is 3. The van der Waals surface area contributed by atoms with E-state index in [-0.39, 0.29) is 38.1 Å². The molecular weight excluding hydrogens is 414 g/mol. The van der Waals surface area contributed by atoms with Crippen LogP contribution in [0.4, 0.5) is 4.79 Å². The van der Waals surface area contributed by atoms with E-state index < -0.39 is 29.6 Å². The molecule has 1 aromatic rings. The summed E-state index contributed by atoms with van der Waals surface area (Å²) < 4.78 is 10.1. The molecule has 0 aliphatic heterocycles. The Balaban J connectivity index is 2.12. The van der Waals surface area contributed by atoms with Crippen LogP contribution in [0.2, 0.25) is 0 Å². The number of carbonyl (C=O) groups excluding carboxylic acids is 4. The number of benzene rings is 1. The predicted octanol–water partition coefficient (Wildman–Crippen LogP) is 2.31. The number of nitrogens with one attached hydrogen (secondary N) is 2. The van der Waals surface area contributed by atoms with Gasteiger partial charge in [-0.1, -0.05) is 30.3 Å². The number of nitrogens with zero attached hydrogens (tertiary/aromatic N) is 1. The lowest BCUT2D eigenvalue weighted by molar-refractivity contribution is -0.144. The maximum atomic E-state index is 13.1. The van der Waals surface area contributed by atoms with E-state index in [9.17, 15) is 19.2 Å². The van der Waals surface area contributed by atoms with E-state index in [1.54, 1.807) is 52.0 Å². The minimum Gasteiger partial charge on any atom is -0.466 e. The highest BCUT2D eigenvalue weighted by atomic mass is 16.6. The Morgan fingerprint density at radius 2 is 1.75 bits per heavy atom. The van der Waals surface area contributed by atoms with Crippen molar-refractivity contribution in [2.24, 2.45) is 0 Å². The van der Waals surface area contributed by atoms with Crippen molar-refractivity contribution in [3.05, 3.63) is 35.9 Å². The van der Waals surface area contributed by atoms with Crippen molar-refractivity contribution in [2.45, 2.75) is 64.6 Å². The van der Waals surface area contributed by atoms with Gasteiger partial charge in [-0.2, -0.15) is 0 Å². The molecule has 3 amide bonds. The summed E-state index contributed by atoms with van der Waals surface area (Å²) in [5.74, 6) is -1.17. The second kappa shape index (κ2) is 11.5. The number of esters is 1. The highest BCUT2D eigenvalue weighted by molar-refractivity contribution is 5.91. The van der Waals surface area contributed by atoms with Crippen LogP contribution < -0.4 is 10.6 Å². The standard InChI is InChI=1S/C23H33N3O6/c1-5-31-19(28)13-14-24-21(29)20(16-9-7-6-8-10-16)26(17-11-12-17)18(27)15-25-22(30)32-23(2,3)4/h6-10,17,20H,5,11-15H2,1-4H3,(H,24,29)(H,25,30). The fourth-order valence-electron chi connectivity index (χ4n) is 3.16. The normalized spacial score (nSPS) is 14.1. The number of hydrogen-bond donors (Lipinski definition) is 2. The second-order valence-corrected chi connectivity index (χ2v) is 8.55. The van der Waals surface area contributed by atoms with Crippen molar-refractivity contribution in [1.29, 1.82) is 0 Å². The summed E-state index contributed by atoms with van der Waals surface area (Å²) in [6.07, 6.45) is 0.894. The maximum Gasteiger partial charge on any atom is 0.408 e. The Hall–Kier alpha value is -3.10. The first-order valence-corrected chi connectivity index (χ1v) is 10.9. The molecule has 1 aliphatic carbocycles. The van der Waals surface area contributed by atoms with Gasteiger partial charge in [-0.05, 0) is 46.1 Å². The molecule has 0 heterocycles. The van der Waals surface area contributed by atoms with E-state index in [1.807, 2.05) is 6.07 Å². The van der Waals surface area contributed by atoms with Crippen LogP contribution in [-0.4, -0.2) is 60.1 Å². The average Bonchev–Trinajstić information content (AvgIpc) is 3.54. The largest absolute Gasteiger partial charge is 0.466 e. The highest BCUT2D eigenvalue weighted by Gasteiger charge is 2.41. The van der Waals surface area contributed by atoms with Crippen molar-refractivity contribution in [3.63, 3.8) is 0 Å². The van der Waals surface area contributed by atoms with Crippen molar-refractivity contribution in [3.8, 4) is 0 Å². The second-order valence-electron chi connectivity index (χ2n) is 8.55. The van der Waals surface area contributed by atoms with Gasteiger partial charge in [0, 0.05) is 12.6 Å². The summed E-state index contributed by atoms with van der Waals surface area (Å²) >= 11 is 0. The highest BCUT2D eigenvalue weighted by Crippen LogP contribution is 2.34. The molecule has 1 aliphatic rings. The molecule has 1 atom stereocenters. The van der Waals surface area contributed by atoms with Gasteiger partial charge in [0.1, 0.15) is 18.2 Å². The van der Waals surface area contributed by atoms with E-state index in [4.69, 9.17) is 9.47 Å². The van der Waals surface area contributed by atoms with Crippen LogP contribution in [0.5, 0.6) is 0 Å². The SMILES string of the molecule is CCOC(=O)CCNC(=O)C(c1ccccc1)N(C(=O)CNC(=O)OC(C)(C)C)C1CC1. The number of rotatable bonds is 10. The molecule has 0 aromatic heterocycles. The van der Waals surface area contributed by atoms with Gasteiger partial charge in [-0.3, -0.25) is 14.4 Å². The molecule has 176 valence electrons. The zero-order valence-corrected chi connectivity index (χ0v) is 19.2. The molecule has 0 bridgehead atoms. The van der Waals surface area contributed by atoms with Gasteiger partial charge in [0.2, 0.25) is 11.8 Å². The van der Waals surface area contributed by atoms with Gasteiger partial charge in [0.05, 0.1) is 13.0 Å². The van der Waals surface area contributed by atoms with Gasteiger partial charge in [0.25, 0.3) is 0 Å². The smallest absolute Gasteiger partial charge is 0.408 e. The lowest BCUT2D eigenvalue weighted by Crippen LogP contribution is -2.49. The third-order valence-corrected chi connectivity index (χ3v) is 4.59. The fraction of sp³-hybridized carbons (Fsp3) is 0.565. The topological polar surface area (TPSA) is 114 Å². The zero-order chi connectivity index (χ0) is 23.7. The molecule has 2 rings (SSSR count). The molecular formula is C23H33N3O6. The van der Waals surface area contributed by atoms with E-state index in [0.717, 1.165) is 12.8 Å². The number of ether oxygens (including phenoxy) is 2. The van der Waals surface area contributed by atoms with Crippen molar-refractivity contribution < 1.29 is 28.7 Å². The van der Waals surface area contributed by atoms with Crippen LogP contribution >= 0.6 is 0 Å². The fourth-order valence-corrected chi connectivity index (χ4v) is 3.16. The molecule has 32 heavy (non-hydrogen) atoms. The summed E-state index contributed by atoms with van der Waals surface area (Å²) in [6, 6.07) is 8.00. The number of hydrogen-bond acceptors (Lipinski definition) is 6. The minimum atomic E-state index is -0.876. The van der Waals surface area contributed by atoms with Gasteiger partial charge >= 0.3 is 12.1 Å². The molecule has 1 saturated carbocycles. The molecule has 9 nitrogen and oxygen atoms in total. The molecule has 1 unspecified atom stereocenters. The quantitative estimate of drug-likeness (QED) is 0.532. The van der Waals surface area contributed by atoms with Crippen molar-refractivity contribution in [1.82, 2.24) is 15.5 Å². The monoisotopic (exact) mass is 447 g/mol. The van der Waals surface area contributed by atoms with Crippen LogP contribution in [0.15, 0.2) is 30.3 Å².